The van der Waals surface area contributed by atoms with Crippen LogP contribution in [0.25, 0.3) is 15.9 Å². The van der Waals surface area contributed by atoms with Gasteiger partial charge in [-0.25, -0.2) is 4.57 Å². The minimum absolute atomic E-state index is 0.0969. The molecule has 9 nitrogen and oxygen atoms in total. The molecule has 0 spiro atoms. The highest BCUT2D eigenvalue weighted by Gasteiger charge is 2.32. The maximum atomic E-state index is 13.9. The predicted octanol–water partition coefficient (Wildman–Crippen LogP) is 5.60. The minimum atomic E-state index is -4.45. The molecule has 1 aliphatic rings. The molecule has 4 rings (SSSR count). The van der Waals surface area contributed by atoms with Gasteiger partial charge in [-0.2, -0.15) is 0 Å². The number of phosphoric ester groups is 1. The summed E-state index contributed by atoms with van der Waals surface area (Å²) in [6, 6.07) is 6.53. The van der Waals surface area contributed by atoms with Crippen LogP contribution >= 0.6 is 19.6 Å². The number of ketones is 1. The number of carbonyl (C=O) groups is 1. The topological polar surface area (TPSA) is 114 Å². The first-order chi connectivity index (χ1) is 16.7. The molecule has 3 aromatic rings. The fourth-order valence-electron chi connectivity index (χ4n) is 3.92. The molecule has 11 heteroatoms. The van der Waals surface area contributed by atoms with Gasteiger partial charge in [-0.15, -0.1) is 11.8 Å². The fraction of sp³-hybridized carbons (Fsp3) is 0.292. The lowest BCUT2D eigenvalue weighted by Crippen LogP contribution is -2.05. The van der Waals surface area contributed by atoms with E-state index in [1.165, 1.54) is 21.3 Å². The average Bonchev–Trinajstić information content (AvgIpc) is 3.51. The molecular weight excluding hydrogens is 495 g/mol. The summed E-state index contributed by atoms with van der Waals surface area (Å²) in [5.41, 5.74) is 1.49. The molecule has 186 valence electrons. The van der Waals surface area contributed by atoms with Crippen LogP contribution in [0.3, 0.4) is 0 Å². The third-order valence-corrected chi connectivity index (χ3v) is 7.49. The Labute approximate surface area is 206 Å². The van der Waals surface area contributed by atoms with Crippen molar-refractivity contribution in [2.24, 2.45) is 0 Å². The van der Waals surface area contributed by atoms with Crippen LogP contribution < -0.4 is 18.7 Å². The van der Waals surface area contributed by atoms with Crippen molar-refractivity contribution in [3.63, 3.8) is 0 Å². The molecule has 0 saturated heterocycles. The molecule has 1 unspecified atom stereocenters. The number of methoxy groups -OCH3 is 3. The average molecular weight is 520 g/mol. The maximum Gasteiger partial charge on any atom is 0.527 e. The van der Waals surface area contributed by atoms with Crippen molar-refractivity contribution in [1.82, 2.24) is 0 Å². The van der Waals surface area contributed by atoms with E-state index >= 15 is 0 Å². The van der Waals surface area contributed by atoms with E-state index in [-0.39, 0.29) is 22.9 Å². The van der Waals surface area contributed by atoms with Crippen LogP contribution in [0.15, 0.2) is 34.8 Å². The minimum Gasteiger partial charge on any atom is -0.493 e. The second kappa shape index (κ2) is 9.99. The molecule has 0 aliphatic carbocycles. The Morgan fingerprint density at radius 2 is 1.80 bits per heavy atom. The van der Waals surface area contributed by atoms with Crippen LogP contribution in [-0.2, 0) is 9.09 Å². The number of aryl methyl sites for hydroxylation is 1. The molecule has 1 atom stereocenters. The Bertz CT molecular complexity index is 1380. The van der Waals surface area contributed by atoms with Gasteiger partial charge in [0.1, 0.15) is 0 Å². The van der Waals surface area contributed by atoms with Gasteiger partial charge in [0.05, 0.1) is 26.9 Å². The zero-order valence-electron chi connectivity index (χ0n) is 19.9. The summed E-state index contributed by atoms with van der Waals surface area (Å²) in [5, 5.41) is 0.401. The van der Waals surface area contributed by atoms with Crippen molar-refractivity contribution in [3.8, 4) is 23.0 Å². The highest BCUT2D eigenvalue weighted by atomic mass is 32.2. The standard InChI is InChI=1S/C24H25O9PS/c1-13-11-14(12-17(29-3)21(13)30-4)20(25)19-15-8-9-16(28-2)23(33-34(26,27)31-5)22(15)32-24(19)18-7-6-10-35-18/h7-9,11-12H,6,10H2,1-5H3,(H,26,27). The number of fused-ring (bicyclic) bond motifs is 1. The zero-order chi connectivity index (χ0) is 25.3. The third kappa shape index (κ3) is 4.67. The second-order valence-corrected chi connectivity index (χ2v) is 10.2. The summed E-state index contributed by atoms with van der Waals surface area (Å²) in [6.45, 7) is 1.82. The lowest BCUT2D eigenvalue weighted by molar-refractivity contribution is 0.103. The number of benzene rings is 2. The number of furan rings is 1. The van der Waals surface area contributed by atoms with Crippen LogP contribution in [0.5, 0.6) is 23.0 Å². The van der Waals surface area contributed by atoms with Crippen LogP contribution in [0, 0.1) is 6.92 Å². The molecule has 1 aliphatic heterocycles. The van der Waals surface area contributed by atoms with Gasteiger partial charge in [0.25, 0.3) is 0 Å². The summed E-state index contributed by atoms with van der Waals surface area (Å²) in [6.07, 6.45) is 2.81. The number of phosphoric acid groups is 1. The van der Waals surface area contributed by atoms with Crippen LogP contribution in [0.4, 0.5) is 0 Å². The summed E-state index contributed by atoms with van der Waals surface area (Å²) >= 11 is 1.56. The van der Waals surface area contributed by atoms with Gasteiger partial charge in [-0.3, -0.25) is 14.2 Å². The Morgan fingerprint density at radius 1 is 1.06 bits per heavy atom. The van der Waals surface area contributed by atoms with Crippen LogP contribution in [0.1, 0.15) is 33.7 Å². The normalized spacial score (nSPS) is 15.0. The molecule has 0 radical (unpaired) electrons. The number of thioether (sulfide) groups is 1. The Morgan fingerprint density at radius 3 is 2.40 bits per heavy atom. The fourth-order valence-corrected chi connectivity index (χ4v) is 5.37. The predicted molar refractivity (Wildman–Crippen MR) is 133 cm³/mol. The second-order valence-electron chi connectivity index (χ2n) is 7.59. The number of rotatable bonds is 9. The molecule has 0 fully saturated rings. The van der Waals surface area contributed by atoms with Crippen molar-refractivity contribution < 1.29 is 41.9 Å². The van der Waals surface area contributed by atoms with Crippen LogP contribution in [-0.4, -0.2) is 44.9 Å². The van der Waals surface area contributed by atoms with E-state index in [9.17, 15) is 14.3 Å². The summed E-state index contributed by atoms with van der Waals surface area (Å²) in [5.74, 6) is 1.86. The van der Waals surface area contributed by atoms with E-state index in [0.29, 0.717) is 33.8 Å². The Hall–Kier alpha value is -2.91. The molecule has 2 heterocycles. The highest BCUT2D eigenvalue weighted by Crippen LogP contribution is 2.51. The molecule has 0 amide bonds. The first-order valence-electron chi connectivity index (χ1n) is 10.6. The summed E-state index contributed by atoms with van der Waals surface area (Å²) < 4.78 is 44.4. The van der Waals surface area contributed by atoms with Crippen LogP contribution in [0.2, 0.25) is 0 Å². The van der Waals surface area contributed by atoms with Crippen molar-refractivity contribution in [2.75, 3.05) is 34.2 Å². The summed E-state index contributed by atoms with van der Waals surface area (Å²) in [4.78, 5) is 24.7. The molecular formula is C24H25O9PS. The van der Waals surface area contributed by atoms with E-state index in [1.807, 2.05) is 13.0 Å². The maximum absolute atomic E-state index is 13.9. The van der Waals surface area contributed by atoms with Gasteiger partial charge in [-0.1, -0.05) is 6.08 Å². The quantitative estimate of drug-likeness (QED) is 0.282. The van der Waals surface area contributed by atoms with Gasteiger partial charge in [0, 0.05) is 28.7 Å². The van der Waals surface area contributed by atoms with E-state index in [4.69, 9.17) is 23.2 Å². The first kappa shape index (κ1) is 25.2. The number of hydrogen-bond acceptors (Lipinski definition) is 9. The van der Waals surface area contributed by atoms with E-state index in [2.05, 4.69) is 4.52 Å². The molecule has 35 heavy (non-hydrogen) atoms. The summed E-state index contributed by atoms with van der Waals surface area (Å²) in [7, 11) is 1.02. The van der Waals surface area contributed by atoms with Gasteiger partial charge >= 0.3 is 7.82 Å². The van der Waals surface area contributed by atoms with Gasteiger partial charge in [0.2, 0.25) is 5.75 Å². The van der Waals surface area contributed by atoms with Crippen molar-refractivity contribution in [1.29, 1.82) is 0 Å². The molecule has 2 aromatic carbocycles. The van der Waals surface area contributed by atoms with E-state index < -0.39 is 7.82 Å². The Balaban J connectivity index is 1.98. The zero-order valence-corrected chi connectivity index (χ0v) is 21.6. The number of hydrogen-bond donors (Lipinski definition) is 1. The van der Waals surface area contributed by atoms with Gasteiger partial charge in [0.15, 0.2) is 34.4 Å². The van der Waals surface area contributed by atoms with Gasteiger partial charge in [-0.05, 0) is 43.2 Å². The van der Waals surface area contributed by atoms with Crippen molar-refractivity contribution >= 4 is 41.2 Å². The van der Waals surface area contributed by atoms with Crippen molar-refractivity contribution in [3.05, 3.63) is 52.8 Å². The van der Waals surface area contributed by atoms with E-state index in [1.54, 1.807) is 36.0 Å². The van der Waals surface area contributed by atoms with Crippen molar-refractivity contribution in [2.45, 2.75) is 13.3 Å². The largest absolute Gasteiger partial charge is 0.527 e. The highest BCUT2D eigenvalue weighted by molar-refractivity contribution is 8.08. The lowest BCUT2D eigenvalue weighted by atomic mass is 9.97. The smallest absolute Gasteiger partial charge is 0.493 e. The molecule has 1 aromatic heterocycles. The molecule has 1 N–H and O–H groups in total. The van der Waals surface area contributed by atoms with Gasteiger partial charge < -0.3 is 23.2 Å². The SMILES string of the molecule is COc1cc(C(=O)c2c(C3=CCCS3)oc3c(OP(=O)(O)OC)c(OC)ccc23)cc(C)c1OC. The molecule has 0 bridgehead atoms. The Kier molecular flexibility index (Phi) is 7.19. The number of carbonyl (C=O) groups excluding carboxylic acids is 1. The lowest BCUT2D eigenvalue weighted by Gasteiger charge is -2.14. The number of allylic oxidation sites excluding steroid dienone is 1. The first-order valence-corrected chi connectivity index (χ1v) is 13.0. The third-order valence-electron chi connectivity index (χ3n) is 5.52. The van der Waals surface area contributed by atoms with E-state index in [0.717, 1.165) is 29.8 Å². The molecule has 0 saturated carbocycles. The monoisotopic (exact) mass is 520 g/mol. The number of ether oxygens (including phenoxy) is 3.